The van der Waals surface area contributed by atoms with Crippen LogP contribution in [0.25, 0.3) is 0 Å². The number of hydrogen-bond donors (Lipinski definition) is 1. The van der Waals surface area contributed by atoms with Gasteiger partial charge >= 0.3 is 0 Å². The normalized spacial score (nSPS) is 12.4. The molecule has 4 nitrogen and oxygen atoms in total. The van der Waals surface area contributed by atoms with Gasteiger partial charge in [-0.2, -0.15) is 0 Å². The third-order valence-corrected chi connectivity index (χ3v) is 3.06. The molecule has 1 rings (SSSR count). The molecule has 0 bridgehead atoms. The summed E-state index contributed by atoms with van der Waals surface area (Å²) in [6.07, 6.45) is 0.830. The maximum atomic E-state index is 11.0. The third-order valence-electron chi connectivity index (χ3n) is 2.81. The second kappa shape index (κ2) is 7.24. The second-order valence-corrected chi connectivity index (χ2v) is 4.65. The molecular weight excluding hydrogens is 252 g/mol. The SMILES string of the molecule is C[C@H](C(N)=O)N(C)CCCOc1ccc(Cl)cc1. The Kier molecular flexibility index (Phi) is 5.95. The molecule has 0 spiro atoms. The minimum Gasteiger partial charge on any atom is -0.494 e. The Morgan fingerprint density at radius 2 is 2.06 bits per heavy atom. The highest BCUT2D eigenvalue weighted by atomic mass is 35.5. The van der Waals surface area contributed by atoms with E-state index >= 15 is 0 Å². The van der Waals surface area contributed by atoms with Gasteiger partial charge in [0.05, 0.1) is 12.6 Å². The van der Waals surface area contributed by atoms with Gasteiger partial charge in [-0.05, 0) is 44.7 Å². The molecule has 0 fully saturated rings. The van der Waals surface area contributed by atoms with Crippen LogP contribution >= 0.6 is 11.6 Å². The molecule has 0 unspecified atom stereocenters. The average molecular weight is 271 g/mol. The summed E-state index contributed by atoms with van der Waals surface area (Å²) in [6.45, 7) is 3.15. The number of rotatable bonds is 7. The molecule has 100 valence electrons. The Bertz CT molecular complexity index is 381. The molecule has 0 radical (unpaired) electrons. The Morgan fingerprint density at radius 3 is 2.61 bits per heavy atom. The van der Waals surface area contributed by atoms with Crippen LogP contribution in [0.4, 0.5) is 0 Å². The predicted octanol–water partition coefficient (Wildman–Crippen LogP) is 1.91. The first-order valence-electron chi connectivity index (χ1n) is 5.88. The number of ether oxygens (including phenoxy) is 1. The van der Waals surface area contributed by atoms with Gasteiger partial charge in [-0.15, -0.1) is 0 Å². The summed E-state index contributed by atoms with van der Waals surface area (Å²) < 4.78 is 5.55. The van der Waals surface area contributed by atoms with Gasteiger partial charge in [-0.3, -0.25) is 9.69 Å². The van der Waals surface area contributed by atoms with Crippen molar-refractivity contribution in [2.45, 2.75) is 19.4 Å². The van der Waals surface area contributed by atoms with E-state index in [4.69, 9.17) is 22.1 Å². The number of carbonyl (C=O) groups excluding carboxylic acids is 1. The van der Waals surface area contributed by atoms with Gasteiger partial charge in [0.2, 0.25) is 5.91 Å². The van der Waals surface area contributed by atoms with Crippen molar-refractivity contribution in [3.05, 3.63) is 29.3 Å². The van der Waals surface area contributed by atoms with E-state index in [1.54, 1.807) is 19.1 Å². The molecule has 18 heavy (non-hydrogen) atoms. The van der Waals surface area contributed by atoms with Crippen LogP contribution in [0.15, 0.2) is 24.3 Å². The molecule has 0 saturated carbocycles. The van der Waals surface area contributed by atoms with E-state index in [0.717, 1.165) is 18.7 Å². The van der Waals surface area contributed by atoms with Gasteiger partial charge in [0.25, 0.3) is 0 Å². The lowest BCUT2D eigenvalue weighted by Crippen LogP contribution is -2.40. The molecule has 1 amide bonds. The molecule has 0 aliphatic rings. The van der Waals surface area contributed by atoms with E-state index in [1.807, 2.05) is 24.1 Å². The molecule has 1 aromatic carbocycles. The van der Waals surface area contributed by atoms with Crippen molar-refractivity contribution in [3.8, 4) is 5.75 Å². The Labute approximate surface area is 113 Å². The topological polar surface area (TPSA) is 55.6 Å². The van der Waals surface area contributed by atoms with Crippen molar-refractivity contribution in [2.75, 3.05) is 20.2 Å². The molecule has 5 heteroatoms. The second-order valence-electron chi connectivity index (χ2n) is 4.21. The van der Waals surface area contributed by atoms with Crippen LogP contribution in [0.1, 0.15) is 13.3 Å². The van der Waals surface area contributed by atoms with Gasteiger partial charge in [0, 0.05) is 11.6 Å². The van der Waals surface area contributed by atoms with E-state index in [1.165, 1.54) is 0 Å². The quantitative estimate of drug-likeness (QED) is 0.770. The number of nitrogens with two attached hydrogens (primary N) is 1. The van der Waals surface area contributed by atoms with Gasteiger partial charge in [0.15, 0.2) is 0 Å². The van der Waals surface area contributed by atoms with Gasteiger partial charge in [0.1, 0.15) is 5.75 Å². The minimum atomic E-state index is -0.309. The molecule has 0 saturated heterocycles. The number of primary amides is 1. The highest BCUT2D eigenvalue weighted by molar-refractivity contribution is 6.30. The summed E-state index contributed by atoms with van der Waals surface area (Å²) in [5, 5.41) is 0.692. The fraction of sp³-hybridized carbons (Fsp3) is 0.462. The van der Waals surface area contributed by atoms with Crippen LogP contribution in [-0.2, 0) is 4.79 Å². The number of benzene rings is 1. The summed E-state index contributed by atoms with van der Waals surface area (Å²) in [5.74, 6) is 0.487. The zero-order chi connectivity index (χ0) is 13.5. The third kappa shape index (κ3) is 4.94. The average Bonchev–Trinajstić information content (AvgIpc) is 2.35. The lowest BCUT2D eigenvalue weighted by molar-refractivity contribution is -0.122. The number of amides is 1. The first kappa shape index (κ1) is 14.8. The summed E-state index contributed by atoms with van der Waals surface area (Å²) in [5.41, 5.74) is 5.22. The maximum Gasteiger partial charge on any atom is 0.234 e. The molecule has 0 aliphatic carbocycles. The van der Waals surface area contributed by atoms with Crippen LogP contribution in [0.3, 0.4) is 0 Å². The van der Waals surface area contributed by atoms with Crippen molar-refractivity contribution >= 4 is 17.5 Å². The highest BCUT2D eigenvalue weighted by Crippen LogP contribution is 2.15. The van der Waals surface area contributed by atoms with Crippen LogP contribution in [-0.4, -0.2) is 37.0 Å². The summed E-state index contributed by atoms with van der Waals surface area (Å²) in [6, 6.07) is 6.99. The number of hydrogen-bond acceptors (Lipinski definition) is 3. The number of carbonyl (C=O) groups is 1. The van der Waals surface area contributed by atoms with Crippen LogP contribution in [0, 0.1) is 0 Å². The van der Waals surface area contributed by atoms with Crippen LogP contribution < -0.4 is 10.5 Å². The number of nitrogens with zero attached hydrogens (tertiary/aromatic N) is 1. The summed E-state index contributed by atoms with van der Waals surface area (Å²) >= 11 is 5.77. The monoisotopic (exact) mass is 270 g/mol. The zero-order valence-electron chi connectivity index (χ0n) is 10.7. The fourth-order valence-corrected chi connectivity index (χ4v) is 1.57. The summed E-state index contributed by atoms with van der Waals surface area (Å²) in [4.78, 5) is 12.9. The van der Waals surface area contributed by atoms with Gasteiger partial charge in [-0.25, -0.2) is 0 Å². The Balaban J connectivity index is 2.22. The predicted molar refractivity (Wildman–Crippen MR) is 72.9 cm³/mol. The molecular formula is C13H19ClN2O2. The largest absolute Gasteiger partial charge is 0.494 e. The fourth-order valence-electron chi connectivity index (χ4n) is 1.45. The number of halogens is 1. The van der Waals surface area contributed by atoms with Crippen molar-refractivity contribution in [1.82, 2.24) is 4.90 Å². The summed E-state index contributed by atoms with van der Waals surface area (Å²) in [7, 11) is 1.87. The molecule has 0 aliphatic heterocycles. The van der Waals surface area contributed by atoms with E-state index < -0.39 is 0 Å². The van der Waals surface area contributed by atoms with Crippen molar-refractivity contribution < 1.29 is 9.53 Å². The van der Waals surface area contributed by atoms with Crippen LogP contribution in [0.2, 0.25) is 5.02 Å². The van der Waals surface area contributed by atoms with E-state index in [2.05, 4.69) is 0 Å². The first-order chi connectivity index (χ1) is 8.50. The van der Waals surface area contributed by atoms with Crippen LogP contribution in [0.5, 0.6) is 5.75 Å². The maximum absolute atomic E-state index is 11.0. The standard InChI is InChI=1S/C13H19ClN2O2/c1-10(13(15)17)16(2)8-3-9-18-12-6-4-11(14)5-7-12/h4-7,10H,3,8-9H2,1-2H3,(H2,15,17)/t10-/m1/s1. The number of likely N-dealkylation sites (N-methyl/N-ethyl adjacent to an activating group) is 1. The highest BCUT2D eigenvalue weighted by Gasteiger charge is 2.13. The molecule has 1 aromatic rings. The van der Waals surface area contributed by atoms with Crippen molar-refractivity contribution in [1.29, 1.82) is 0 Å². The van der Waals surface area contributed by atoms with Gasteiger partial charge in [-0.1, -0.05) is 11.6 Å². The van der Waals surface area contributed by atoms with Crippen molar-refractivity contribution in [3.63, 3.8) is 0 Å². The Morgan fingerprint density at radius 1 is 1.44 bits per heavy atom. The zero-order valence-corrected chi connectivity index (χ0v) is 11.5. The van der Waals surface area contributed by atoms with Gasteiger partial charge < -0.3 is 10.5 Å². The van der Waals surface area contributed by atoms with Crippen molar-refractivity contribution in [2.24, 2.45) is 5.73 Å². The van der Waals surface area contributed by atoms with E-state index in [0.29, 0.717) is 11.6 Å². The molecule has 0 aromatic heterocycles. The van der Waals surface area contributed by atoms with E-state index in [9.17, 15) is 4.79 Å². The smallest absolute Gasteiger partial charge is 0.234 e. The Hall–Kier alpha value is -1.26. The van der Waals surface area contributed by atoms with E-state index in [-0.39, 0.29) is 11.9 Å². The minimum absolute atomic E-state index is 0.250. The first-order valence-corrected chi connectivity index (χ1v) is 6.26. The molecule has 1 atom stereocenters. The molecule has 2 N–H and O–H groups in total. The molecule has 0 heterocycles. The lowest BCUT2D eigenvalue weighted by Gasteiger charge is -2.21. The lowest BCUT2D eigenvalue weighted by atomic mass is 10.2.